The molecule has 1 aliphatic carbocycles. The van der Waals surface area contributed by atoms with Crippen molar-refractivity contribution in [3.05, 3.63) is 42.2 Å². The number of anilines is 1. The predicted octanol–water partition coefficient (Wildman–Crippen LogP) is 4.19. The molecular weight excluding hydrogens is 417 g/mol. The number of rotatable bonds is 7. The summed E-state index contributed by atoms with van der Waals surface area (Å²) in [4.78, 5) is 0. The van der Waals surface area contributed by atoms with Gasteiger partial charge >= 0.3 is 6.18 Å². The first-order valence-electron chi connectivity index (χ1n) is 10.0. The van der Waals surface area contributed by atoms with Crippen LogP contribution in [-0.4, -0.2) is 36.0 Å². The van der Waals surface area contributed by atoms with E-state index in [1.807, 2.05) is 0 Å². The van der Waals surface area contributed by atoms with E-state index in [9.17, 15) is 21.6 Å². The maximum Gasteiger partial charge on any atom is 0.418 e. The van der Waals surface area contributed by atoms with Gasteiger partial charge in [-0.3, -0.25) is 0 Å². The van der Waals surface area contributed by atoms with E-state index in [0.29, 0.717) is 12.2 Å². The maximum atomic E-state index is 13.5. The Bertz CT molecular complexity index is 935. The van der Waals surface area contributed by atoms with E-state index in [1.165, 1.54) is 23.1 Å². The van der Waals surface area contributed by atoms with E-state index in [0.717, 1.165) is 31.7 Å². The third-order valence-corrected chi connectivity index (χ3v) is 7.35. The van der Waals surface area contributed by atoms with Gasteiger partial charge in [-0.2, -0.15) is 18.3 Å². The number of sulfonamides is 1. The van der Waals surface area contributed by atoms with Crippen LogP contribution in [0.25, 0.3) is 5.69 Å². The summed E-state index contributed by atoms with van der Waals surface area (Å²) in [6, 6.07) is 5.65. The summed E-state index contributed by atoms with van der Waals surface area (Å²) in [7, 11) is -3.29. The minimum atomic E-state index is -4.50. The molecule has 1 aromatic carbocycles. The molecule has 0 atom stereocenters. The lowest BCUT2D eigenvalue weighted by Gasteiger charge is -2.30. The summed E-state index contributed by atoms with van der Waals surface area (Å²) >= 11 is 0. The Morgan fingerprint density at radius 1 is 1.20 bits per heavy atom. The van der Waals surface area contributed by atoms with Crippen molar-refractivity contribution in [1.82, 2.24) is 14.5 Å². The number of nitrogens with one attached hydrogen (secondary N) is 2. The Hall–Kier alpha value is -2.07. The first kappa shape index (κ1) is 22.6. The lowest BCUT2D eigenvalue weighted by atomic mass is 9.86. The Balaban J connectivity index is 1.59. The van der Waals surface area contributed by atoms with Crippen molar-refractivity contribution >= 4 is 15.7 Å². The predicted molar refractivity (Wildman–Crippen MR) is 110 cm³/mol. The summed E-state index contributed by atoms with van der Waals surface area (Å²) in [5, 5.41) is 6.54. The molecule has 0 saturated heterocycles. The fourth-order valence-electron chi connectivity index (χ4n) is 3.60. The molecule has 2 N–H and O–H groups in total. The van der Waals surface area contributed by atoms with Crippen LogP contribution in [0.1, 0.15) is 45.1 Å². The topological polar surface area (TPSA) is 76.0 Å². The standard InChI is InChI=1S/C20H27F3N4O2S/c1-14(2)30(28,29)26-16-6-4-15(5-7-16)13-24-17-8-9-19(27-11-3-10-25-27)18(12-17)20(21,22)23/h3,8-12,14-16,24,26H,4-7,13H2,1-2H3. The van der Waals surface area contributed by atoms with Crippen LogP contribution in [-0.2, 0) is 16.2 Å². The average Bonchev–Trinajstić information content (AvgIpc) is 3.21. The largest absolute Gasteiger partial charge is 0.418 e. The first-order valence-corrected chi connectivity index (χ1v) is 11.6. The van der Waals surface area contributed by atoms with Crippen molar-refractivity contribution in [3.8, 4) is 5.69 Å². The summed E-state index contributed by atoms with van der Waals surface area (Å²) < 4.78 is 68.5. The van der Waals surface area contributed by atoms with Crippen molar-refractivity contribution in [3.63, 3.8) is 0 Å². The van der Waals surface area contributed by atoms with Gasteiger partial charge in [0.25, 0.3) is 0 Å². The molecule has 1 saturated carbocycles. The summed E-state index contributed by atoms with van der Waals surface area (Å²) in [6.45, 7) is 3.83. The zero-order valence-electron chi connectivity index (χ0n) is 17.0. The molecule has 0 bridgehead atoms. The molecule has 1 aromatic heterocycles. The van der Waals surface area contributed by atoms with Gasteiger partial charge in [0.15, 0.2) is 0 Å². The number of hydrogen-bond donors (Lipinski definition) is 2. The second kappa shape index (κ2) is 8.97. The Morgan fingerprint density at radius 2 is 1.90 bits per heavy atom. The van der Waals surface area contributed by atoms with E-state index in [-0.39, 0.29) is 17.6 Å². The van der Waals surface area contributed by atoms with Crippen molar-refractivity contribution in [2.75, 3.05) is 11.9 Å². The van der Waals surface area contributed by atoms with Gasteiger partial charge in [-0.15, -0.1) is 0 Å². The average molecular weight is 445 g/mol. The van der Waals surface area contributed by atoms with Crippen LogP contribution in [0.15, 0.2) is 36.7 Å². The highest BCUT2D eigenvalue weighted by molar-refractivity contribution is 7.90. The molecule has 10 heteroatoms. The van der Waals surface area contributed by atoms with Gasteiger partial charge in [0.2, 0.25) is 10.0 Å². The van der Waals surface area contributed by atoms with Crippen molar-refractivity contribution in [1.29, 1.82) is 0 Å². The molecule has 0 aliphatic heterocycles. The third-order valence-electron chi connectivity index (χ3n) is 5.45. The van der Waals surface area contributed by atoms with Crippen molar-refractivity contribution in [2.24, 2.45) is 5.92 Å². The van der Waals surface area contributed by atoms with Crippen molar-refractivity contribution < 1.29 is 21.6 Å². The minimum absolute atomic E-state index is 0.0176. The first-order chi connectivity index (χ1) is 14.1. The molecule has 1 aliphatic rings. The molecule has 3 rings (SSSR count). The van der Waals surface area contributed by atoms with Crippen LogP contribution >= 0.6 is 0 Å². The monoisotopic (exact) mass is 444 g/mol. The summed E-state index contributed by atoms with van der Waals surface area (Å²) in [6.07, 6.45) is 1.50. The molecular formula is C20H27F3N4O2S. The van der Waals surface area contributed by atoms with Gasteiger partial charge in [0, 0.05) is 30.7 Å². The zero-order valence-corrected chi connectivity index (χ0v) is 17.8. The highest BCUT2D eigenvalue weighted by atomic mass is 32.2. The van der Waals surface area contributed by atoms with Gasteiger partial charge < -0.3 is 5.32 Å². The number of hydrogen-bond acceptors (Lipinski definition) is 4. The minimum Gasteiger partial charge on any atom is -0.385 e. The molecule has 1 heterocycles. The molecule has 166 valence electrons. The van der Waals surface area contributed by atoms with E-state index in [2.05, 4.69) is 15.1 Å². The molecule has 0 spiro atoms. The lowest BCUT2D eigenvalue weighted by Crippen LogP contribution is -2.41. The Kier molecular flexibility index (Phi) is 6.76. The van der Waals surface area contributed by atoms with Crippen LogP contribution in [0.2, 0.25) is 0 Å². The summed E-state index contributed by atoms with van der Waals surface area (Å²) in [5.74, 6) is 0.282. The van der Waals surface area contributed by atoms with Crippen LogP contribution in [0.4, 0.5) is 18.9 Å². The fourth-order valence-corrected chi connectivity index (χ4v) is 4.57. The highest BCUT2D eigenvalue weighted by Gasteiger charge is 2.34. The van der Waals surface area contributed by atoms with E-state index in [4.69, 9.17) is 0 Å². The molecule has 6 nitrogen and oxygen atoms in total. The number of benzene rings is 1. The highest BCUT2D eigenvalue weighted by Crippen LogP contribution is 2.35. The van der Waals surface area contributed by atoms with Crippen LogP contribution in [0.3, 0.4) is 0 Å². The van der Waals surface area contributed by atoms with Gasteiger partial charge in [0.05, 0.1) is 16.5 Å². The molecule has 0 radical (unpaired) electrons. The van der Waals surface area contributed by atoms with Gasteiger partial charge in [-0.1, -0.05) is 0 Å². The maximum absolute atomic E-state index is 13.5. The molecule has 2 aromatic rings. The SMILES string of the molecule is CC(C)S(=O)(=O)NC1CCC(CNc2ccc(-n3cccn3)c(C(F)(F)F)c2)CC1. The molecule has 0 amide bonds. The van der Waals surface area contributed by atoms with Gasteiger partial charge in [0.1, 0.15) is 0 Å². The van der Waals surface area contributed by atoms with Crippen LogP contribution < -0.4 is 10.0 Å². The third kappa shape index (κ3) is 5.54. The number of aromatic nitrogens is 2. The normalized spacial score (nSPS) is 20.5. The lowest BCUT2D eigenvalue weighted by molar-refractivity contribution is -0.137. The fraction of sp³-hybridized carbons (Fsp3) is 0.550. The molecule has 0 unspecified atom stereocenters. The Morgan fingerprint density at radius 3 is 2.47 bits per heavy atom. The van der Waals surface area contributed by atoms with E-state index < -0.39 is 27.0 Å². The van der Waals surface area contributed by atoms with Gasteiger partial charge in [-0.05, 0) is 69.7 Å². The number of halogens is 3. The number of alkyl halides is 3. The molecule has 1 fully saturated rings. The van der Waals surface area contributed by atoms with Crippen LogP contribution in [0, 0.1) is 5.92 Å². The quantitative estimate of drug-likeness (QED) is 0.672. The van der Waals surface area contributed by atoms with Crippen molar-refractivity contribution in [2.45, 2.75) is 57.0 Å². The van der Waals surface area contributed by atoms with E-state index in [1.54, 1.807) is 26.0 Å². The van der Waals surface area contributed by atoms with Crippen LogP contribution in [0.5, 0.6) is 0 Å². The second-order valence-electron chi connectivity index (χ2n) is 7.99. The summed E-state index contributed by atoms with van der Waals surface area (Å²) in [5.41, 5.74) is -0.361. The second-order valence-corrected chi connectivity index (χ2v) is 10.3. The smallest absolute Gasteiger partial charge is 0.385 e. The van der Waals surface area contributed by atoms with Gasteiger partial charge in [-0.25, -0.2) is 17.8 Å². The number of nitrogens with zero attached hydrogens (tertiary/aromatic N) is 2. The Labute approximate surface area is 174 Å². The molecule has 30 heavy (non-hydrogen) atoms. The zero-order chi connectivity index (χ0) is 21.9. The van der Waals surface area contributed by atoms with E-state index >= 15 is 0 Å².